The van der Waals surface area contributed by atoms with E-state index in [0.717, 1.165) is 30.2 Å². The van der Waals surface area contributed by atoms with Crippen LogP contribution in [0.4, 0.5) is 0 Å². The number of carbonyl (C=O) groups is 1. The highest BCUT2D eigenvalue weighted by Gasteiger charge is 2.25. The van der Waals surface area contributed by atoms with E-state index in [2.05, 4.69) is 0 Å². The van der Waals surface area contributed by atoms with E-state index in [-0.39, 0.29) is 25.4 Å². The van der Waals surface area contributed by atoms with Gasteiger partial charge in [0.15, 0.2) is 6.29 Å². The van der Waals surface area contributed by atoms with Crippen molar-refractivity contribution in [2.45, 2.75) is 51.4 Å². The van der Waals surface area contributed by atoms with Gasteiger partial charge < -0.3 is 28.9 Å². The molecule has 2 heterocycles. The Labute approximate surface area is 146 Å². The van der Waals surface area contributed by atoms with Crippen LogP contribution in [0.25, 0.3) is 11.0 Å². The van der Waals surface area contributed by atoms with Crippen LogP contribution in [-0.2, 0) is 27.1 Å². The van der Waals surface area contributed by atoms with E-state index in [1.807, 2.05) is 13.0 Å². The molecule has 25 heavy (non-hydrogen) atoms. The fourth-order valence-corrected chi connectivity index (χ4v) is 3.39. The van der Waals surface area contributed by atoms with Crippen LogP contribution in [0.3, 0.4) is 0 Å². The van der Waals surface area contributed by atoms with Gasteiger partial charge >= 0.3 is 0 Å². The highest BCUT2D eigenvalue weighted by Crippen LogP contribution is 2.36. The number of hydrogen-bond acceptors (Lipinski definition) is 6. The average molecular weight is 347 g/mol. The van der Waals surface area contributed by atoms with Gasteiger partial charge in [-0.25, -0.2) is 0 Å². The van der Waals surface area contributed by atoms with Crippen LogP contribution in [0.5, 0.6) is 0 Å². The number of furan rings is 1. The molecule has 2 aromatic rings. The number of aliphatic carboxylic acids is 1. The first-order valence-electron chi connectivity index (χ1n) is 8.71. The van der Waals surface area contributed by atoms with Crippen molar-refractivity contribution in [3.8, 4) is 0 Å². The summed E-state index contributed by atoms with van der Waals surface area (Å²) in [7, 11) is 0. The van der Waals surface area contributed by atoms with Gasteiger partial charge in [0.05, 0.1) is 12.7 Å². The molecule has 1 aromatic heterocycles. The van der Waals surface area contributed by atoms with E-state index in [4.69, 9.17) is 13.9 Å². The van der Waals surface area contributed by atoms with Crippen molar-refractivity contribution in [2.75, 3.05) is 13.2 Å². The third kappa shape index (κ3) is 4.03. The number of aliphatic hydroxyl groups excluding tert-OH is 1. The third-order valence-electron chi connectivity index (χ3n) is 4.49. The predicted octanol–water partition coefficient (Wildman–Crippen LogP) is 1.86. The summed E-state index contributed by atoms with van der Waals surface area (Å²) in [5.41, 5.74) is 1.92. The van der Waals surface area contributed by atoms with Crippen LogP contribution < -0.4 is 5.11 Å². The second-order valence-corrected chi connectivity index (χ2v) is 6.33. The van der Waals surface area contributed by atoms with Gasteiger partial charge in [-0.05, 0) is 26.2 Å². The smallest absolute Gasteiger partial charge is 0.158 e. The number of fused-ring (bicyclic) bond motifs is 1. The molecular formula is C19H23O6-. The summed E-state index contributed by atoms with van der Waals surface area (Å²) in [6.45, 7) is 2.56. The predicted molar refractivity (Wildman–Crippen MR) is 88.8 cm³/mol. The van der Waals surface area contributed by atoms with Crippen molar-refractivity contribution in [2.24, 2.45) is 0 Å². The molecule has 3 rings (SSSR count). The van der Waals surface area contributed by atoms with E-state index in [9.17, 15) is 15.0 Å². The van der Waals surface area contributed by atoms with E-state index in [1.54, 1.807) is 12.1 Å². The van der Waals surface area contributed by atoms with E-state index in [0.29, 0.717) is 29.9 Å². The van der Waals surface area contributed by atoms with Crippen molar-refractivity contribution in [1.29, 1.82) is 0 Å². The first kappa shape index (κ1) is 17.9. The minimum Gasteiger partial charge on any atom is -0.550 e. The molecule has 1 aliphatic heterocycles. The fraction of sp³-hybridized carbons (Fsp3) is 0.526. The summed E-state index contributed by atoms with van der Waals surface area (Å²) < 4.78 is 17.6. The maximum Gasteiger partial charge on any atom is 0.158 e. The summed E-state index contributed by atoms with van der Waals surface area (Å²) in [5.74, 6) is -0.541. The highest BCUT2D eigenvalue weighted by atomic mass is 16.7. The van der Waals surface area contributed by atoms with Gasteiger partial charge in [0.1, 0.15) is 11.3 Å². The van der Waals surface area contributed by atoms with Crippen molar-refractivity contribution in [1.82, 2.24) is 0 Å². The summed E-state index contributed by atoms with van der Waals surface area (Å²) in [5, 5.41) is 21.2. The molecule has 6 nitrogen and oxygen atoms in total. The summed E-state index contributed by atoms with van der Waals surface area (Å²) >= 11 is 0. The molecule has 6 heteroatoms. The van der Waals surface area contributed by atoms with Crippen LogP contribution in [-0.4, -0.2) is 30.6 Å². The molecule has 1 aliphatic rings. The zero-order chi connectivity index (χ0) is 17.8. The van der Waals surface area contributed by atoms with Gasteiger partial charge in [0.25, 0.3) is 0 Å². The molecule has 0 amide bonds. The zero-order valence-electron chi connectivity index (χ0n) is 14.3. The van der Waals surface area contributed by atoms with Crippen molar-refractivity contribution >= 4 is 16.9 Å². The Bertz CT molecular complexity index is 729. The standard InChI is InChI=1S/C19H24O6/c1-12(24-17-7-2-3-10-23-17)18-14-6-4-5-13(11-16(21)22)19(14)25-15(18)8-9-20/h4-6,12,17,20H,2-3,7-11H2,1H3,(H,21,22)/p-1. The number of ether oxygens (including phenoxy) is 2. The number of para-hydroxylation sites is 1. The molecule has 0 aliphatic carbocycles. The van der Waals surface area contributed by atoms with Gasteiger partial charge in [-0.3, -0.25) is 0 Å². The number of rotatable bonds is 7. The summed E-state index contributed by atoms with van der Waals surface area (Å²) in [6, 6.07) is 5.39. The summed E-state index contributed by atoms with van der Waals surface area (Å²) in [6.07, 6.45) is 2.56. The largest absolute Gasteiger partial charge is 0.550 e. The Morgan fingerprint density at radius 1 is 1.44 bits per heavy atom. The summed E-state index contributed by atoms with van der Waals surface area (Å²) in [4.78, 5) is 11.0. The topological polar surface area (TPSA) is 92.0 Å². The van der Waals surface area contributed by atoms with Crippen LogP contribution in [0.15, 0.2) is 22.6 Å². The lowest BCUT2D eigenvalue weighted by Crippen LogP contribution is -2.24. The second kappa shape index (κ2) is 7.99. The third-order valence-corrected chi connectivity index (χ3v) is 4.49. The zero-order valence-corrected chi connectivity index (χ0v) is 14.3. The molecule has 2 unspecified atom stereocenters. The van der Waals surface area contributed by atoms with Crippen LogP contribution in [0.2, 0.25) is 0 Å². The molecule has 0 spiro atoms. The number of hydrogen-bond donors (Lipinski definition) is 1. The minimum atomic E-state index is -1.16. The van der Waals surface area contributed by atoms with Gasteiger partial charge in [-0.2, -0.15) is 0 Å². The number of aliphatic hydroxyl groups is 1. The second-order valence-electron chi connectivity index (χ2n) is 6.33. The van der Waals surface area contributed by atoms with Gasteiger partial charge in [-0.15, -0.1) is 0 Å². The van der Waals surface area contributed by atoms with E-state index in [1.165, 1.54) is 0 Å². The quantitative estimate of drug-likeness (QED) is 0.822. The normalized spacial score (nSPS) is 19.2. The molecule has 1 N–H and O–H groups in total. The van der Waals surface area contributed by atoms with Crippen LogP contribution >= 0.6 is 0 Å². The SMILES string of the molecule is CC(OC1CCCCO1)c1c(CCO)oc2c(CC(=O)[O-])cccc12. The van der Waals surface area contributed by atoms with E-state index >= 15 is 0 Å². The van der Waals surface area contributed by atoms with Crippen LogP contribution in [0.1, 0.15) is 49.2 Å². The number of carbonyl (C=O) groups excluding carboxylic acids is 1. The Morgan fingerprint density at radius 2 is 2.28 bits per heavy atom. The molecule has 0 saturated carbocycles. The molecule has 1 aromatic carbocycles. The van der Waals surface area contributed by atoms with Gasteiger partial charge in [-0.1, -0.05) is 18.2 Å². The Morgan fingerprint density at radius 3 is 2.96 bits per heavy atom. The molecule has 2 atom stereocenters. The molecule has 1 saturated heterocycles. The minimum absolute atomic E-state index is 0.0602. The Balaban J connectivity index is 1.96. The lowest BCUT2D eigenvalue weighted by Gasteiger charge is -2.26. The number of carboxylic acids is 1. The maximum absolute atomic E-state index is 11.0. The monoisotopic (exact) mass is 347 g/mol. The van der Waals surface area contributed by atoms with Crippen molar-refractivity contribution in [3.63, 3.8) is 0 Å². The first-order valence-corrected chi connectivity index (χ1v) is 8.71. The van der Waals surface area contributed by atoms with E-state index < -0.39 is 5.97 Å². The Hall–Kier alpha value is -1.89. The highest BCUT2D eigenvalue weighted by molar-refractivity contribution is 5.87. The lowest BCUT2D eigenvalue weighted by molar-refractivity contribution is -0.304. The molecular weight excluding hydrogens is 324 g/mol. The average Bonchev–Trinajstić information content (AvgIpc) is 2.95. The molecule has 136 valence electrons. The maximum atomic E-state index is 11.0. The number of benzene rings is 1. The van der Waals surface area contributed by atoms with Gasteiger partial charge in [0, 0.05) is 41.9 Å². The number of carboxylic acid groups (broad SMARTS) is 1. The molecule has 0 bridgehead atoms. The van der Waals surface area contributed by atoms with Gasteiger partial charge in [0.2, 0.25) is 0 Å². The molecule has 1 fully saturated rings. The first-order chi connectivity index (χ1) is 12.1. The lowest BCUT2D eigenvalue weighted by atomic mass is 10.0. The fourth-order valence-electron chi connectivity index (χ4n) is 3.39. The molecule has 0 radical (unpaired) electrons. The van der Waals surface area contributed by atoms with Crippen molar-refractivity contribution < 1.29 is 28.9 Å². The van der Waals surface area contributed by atoms with Crippen molar-refractivity contribution in [3.05, 3.63) is 35.1 Å². The Kier molecular flexibility index (Phi) is 5.73. The van der Waals surface area contributed by atoms with Crippen LogP contribution in [0, 0.1) is 0 Å².